The Hall–Kier alpha value is -7.76. The topological polar surface area (TPSA) is 44.9 Å². The van der Waals surface area contributed by atoms with Crippen molar-refractivity contribution in [1.82, 2.24) is 19.1 Å². The minimum atomic E-state index is 0.639. The third-order valence-electron chi connectivity index (χ3n) is 11.9. The van der Waals surface area contributed by atoms with Gasteiger partial charge in [-0.2, -0.15) is 0 Å². The lowest BCUT2D eigenvalue weighted by Crippen LogP contribution is -2.06. The zero-order valence-corrected chi connectivity index (χ0v) is 30.5. The first kappa shape index (κ1) is 30.6. The van der Waals surface area contributed by atoms with E-state index in [9.17, 15) is 0 Å². The van der Waals surface area contributed by atoms with Gasteiger partial charge in [-0.3, -0.25) is 4.57 Å². The number of hydrogen-bond acceptors (Lipinski definition) is 3. The Morgan fingerprint density at radius 2 is 1.05 bits per heavy atom. The fourth-order valence-electron chi connectivity index (χ4n) is 9.32. The third kappa shape index (κ3) is 4.34. The van der Waals surface area contributed by atoms with Crippen molar-refractivity contribution < 1.29 is 4.74 Å². The monoisotopic (exact) mass is 726 g/mol. The second-order valence-electron chi connectivity index (χ2n) is 15.0. The van der Waals surface area contributed by atoms with E-state index in [1.54, 1.807) is 0 Å². The van der Waals surface area contributed by atoms with E-state index < -0.39 is 0 Å². The Kier molecular flexibility index (Phi) is 6.10. The van der Waals surface area contributed by atoms with Gasteiger partial charge in [-0.15, -0.1) is 0 Å². The van der Waals surface area contributed by atoms with Crippen molar-refractivity contribution in [3.05, 3.63) is 182 Å². The number of para-hydroxylation sites is 2. The van der Waals surface area contributed by atoms with Gasteiger partial charge in [0.25, 0.3) is 0 Å². The van der Waals surface area contributed by atoms with Gasteiger partial charge < -0.3 is 9.30 Å². The number of benzene rings is 9. The number of ether oxygens (including phenoxy) is 1. The van der Waals surface area contributed by atoms with Crippen molar-refractivity contribution in [2.75, 3.05) is 0 Å². The molecule has 12 aromatic rings. The number of nitrogens with zero attached hydrogens (tertiary/aromatic N) is 4. The van der Waals surface area contributed by atoms with Crippen LogP contribution in [0.4, 0.5) is 0 Å². The summed E-state index contributed by atoms with van der Waals surface area (Å²) in [6.07, 6.45) is 0. The molecular formula is C52H30N4O. The largest absolute Gasteiger partial charge is 0.456 e. The van der Waals surface area contributed by atoms with Gasteiger partial charge in [0.15, 0.2) is 0 Å². The van der Waals surface area contributed by atoms with Crippen LogP contribution in [0.3, 0.4) is 0 Å². The van der Waals surface area contributed by atoms with Crippen LogP contribution < -0.4 is 4.74 Å². The summed E-state index contributed by atoms with van der Waals surface area (Å²) in [5.74, 6) is 2.23. The van der Waals surface area contributed by atoms with E-state index in [1.165, 1.54) is 48.9 Å². The lowest BCUT2D eigenvalue weighted by molar-refractivity contribution is 0.486. The number of aromatic nitrogens is 4. The molecule has 0 saturated carbocycles. The van der Waals surface area contributed by atoms with Crippen molar-refractivity contribution >= 4 is 76.1 Å². The van der Waals surface area contributed by atoms with Gasteiger partial charge in [0.2, 0.25) is 5.95 Å². The molecule has 13 rings (SSSR count). The molecule has 0 bridgehead atoms. The van der Waals surface area contributed by atoms with Gasteiger partial charge in [0.05, 0.1) is 38.7 Å². The molecule has 0 N–H and O–H groups in total. The molecule has 264 valence electrons. The predicted molar refractivity (Wildman–Crippen MR) is 234 cm³/mol. The molecule has 9 aromatic carbocycles. The van der Waals surface area contributed by atoms with E-state index >= 15 is 0 Å². The van der Waals surface area contributed by atoms with Crippen LogP contribution in [-0.2, 0) is 0 Å². The molecule has 0 amide bonds. The highest BCUT2D eigenvalue weighted by Gasteiger charge is 2.25. The highest BCUT2D eigenvalue weighted by atomic mass is 16.5. The SMILES string of the molecule is c1ccc2c(c1)Oc1cccc3nc(-n4c5ccccc5c5cc(-c6ccc7c(c6)c6c8ccccc8ccc6n7-c6ccc7ccccc7c6)ccc54)nc-2c13. The molecule has 0 spiro atoms. The minimum Gasteiger partial charge on any atom is -0.456 e. The van der Waals surface area contributed by atoms with Crippen LogP contribution in [0.1, 0.15) is 0 Å². The summed E-state index contributed by atoms with van der Waals surface area (Å²) in [5, 5.41) is 10.7. The summed E-state index contributed by atoms with van der Waals surface area (Å²) in [4.78, 5) is 10.5. The van der Waals surface area contributed by atoms with E-state index in [1.807, 2.05) is 36.4 Å². The number of hydrogen-bond donors (Lipinski definition) is 0. The average molecular weight is 727 g/mol. The number of rotatable bonds is 3. The summed E-state index contributed by atoms with van der Waals surface area (Å²) in [6.45, 7) is 0. The Morgan fingerprint density at radius 3 is 1.95 bits per heavy atom. The van der Waals surface area contributed by atoms with E-state index in [4.69, 9.17) is 14.7 Å². The van der Waals surface area contributed by atoms with Crippen LogP contribution in [0.15, 0.2) is 182 Å². The Labute approximate surface area is 326 Å². The molecule has 0 saturated heterocycles. The Morgan fingerprint density at radius 1 is 0.386 bits per heavy atom. The normalized spacial score (nSPS) is 12.4. The van der Waals surface area contributed by atoms with E-state index in [-0.39, 0.29) is 0 Å². The maximum absolute atomic E-state index is 6.30. The van der Waals surface area contributed by atoms with Gasteiger partial charge in [0, 0.05) is 32.8 Å². The van der Waals surface area contributed by atoms with Crippen LogP contribution in [0.5, 0.6) is 11.5 Å². The molecule has 0 fully saturated rings. The summed E-state index contributed by atoms with van der Waals surface area (Å²) in [6, 6.07) is 65.1. The molecular weight excluding hydrogens is 697 g/mol. The van der Waals surface area contributed by atoms with Crippen molar-refractivity contribution in [1.29, 1.82) is 0 Å². The maximum atomic E-state index is 6.30. The molecule has 57 heavy (non-hydrogen) atoms. The van der Waals surface area contributed by atoms with Crippen LogP contribution in [0.2, 0.25) is 0 Å². The second kappa shape index (κ2) is 11.4. The van der Waals surface area contributed by atoms with Crippen LogP contribution in [-0.4, -0.2) is 19.1 Å². The quantitative estimate of drug-likeness (QED) is 0.182. The summed E-state index contributed by atoms with van der Waals surface area (Å²) in [7, 11) is 0. The molecule has 5 nitrogen and oxygen atoms in total. The predicted octanol–water partition coefficient (Wildman–Crippen LogP) is 13.6. The van der Waals surface area contributed by atoms with Gasteiger partial charge >= 0.3 is 0 Å². The molecule has 0 atom stereocenters. The molecule has 1 aliphatic rings. The van der Waals surface area contributed by atoms with Gasteiger partial charge in [-0.1, -0.05) is 109 Å². The third-order valence-corrected chi connectivity index (χ3v) is 11.9. The van der Waals surface area contributed by atoms with Crippen molar-refractivity contribution in [2.24, 2.45) is 0 Å². The smallest absolute Gasteiger partial charge is 0.235 e. The first-order valence-electron chi connectivity index (χ1n) is 19.3. The average Bonchev–Trinajstić information content (AvgIpc) is 3.79. The standard InChI is InChI=1S/C52H30N4O/c1-2-12-33-28-36(24-20-31(33)10-1)55-45-26-23-35(30-41(45)49-37-13-4-3-11-32(37)21-27-46(49)55)34-22-25-44-40(29-34)38-14-5-7-17-43(38)56(44)52-53-42-16-9-19-48-50(42)51(54-52)39-15-6-8-18-47(39)57-48/h1-30H. The zero-order valence-electron chi connectivity index (χ0n) is 30.5. The van der Waals surface area contributed by atoms with E-state index in [2.05, 4.69) is 155 Å². The first-order valence-corrected chi connectivity index (χ1v) is 19.3. The van der Waals surface area contributed by atoms with Gasteiger partial charge in [0.1, 0.15) is 11.5 Å². The maximum Gasteiger partial charge on any atom is 0.235 e. The van der Waals surface area contributed by atoms with Crippen molar-refractivity contribution in [3.8, 4) is 45.5 Å². The Balaban J connectivity index is 1.03. The highest BCUT2D eigenvalue weighted by Crippen LogP contribution is 2.46. The summed E-state index contributed by atoms with van der Waals surface area (Å²) < 4.78 is 10.9. The van der Waals surface area contributed by atoms with Crippen LogP contribution in [0.25, 0.3) is 110 Å². The lowest BCUT2D eigenvalue weighted by atomic mass is 9.99. The molecule has 1 aliphatic heterocycles. The first-order chi connectivity index (χ1) is 28.2. The van der Waals surface area contributed by atoms with Crippen LogP contribution >= 0.6 is 0 Å². The number of fused-ring (bicyclic) bond motifs is 11. The van der Waals surface area contributed by atoms with Crippen molar-refractivity contribution in [3.63, 3.8) is 0 Å². The minimum absolute atomic E-state index is 0.639. The van der Waals surface area contributed by atoms with E-state index in [0.29, 0.717) is 5.95 Å². The van der Waals surface area contributed by atoms with Crippen molar-refractivity contribution in [2.45, 2.75) is 0 Å². The molecule has 4 heterocycles. The molecule has 3 aromatic heterocycles. The van der Waals surface area contributed by atoms with E-state index in [0.717, 1.165) is 66.7 Å². The van der Waals surface area contributed by atoms with Gasteiger partial charge in [-0.25, -0.2) is 9.97 Å². The summed E-state index contributed by atoms with van der Waals surface area (Å²) >= 11 is 0. The molecule has 0 radical (unpaired) electrons. The molecule has 5 heteroatoms. The van der Waals surface area contributed by atoms with Gasteiger partial charge in [-0.05, 0) is 105 Å². The molecule has 0 unspecified atom stereocenters. The molecule has 0 aliphatic carbocycles. The zero-order chi connectivity index (χ0) is 37.2. The second-order valence-corrected chi connectivity index (χ2v) is 15.0. The Bertz CT molecular complexity index is 3690. The lowest BCUT2D eigenvalue weighted by Gasteiger charge is -2.20. The highest BCUT2D eigenvalue weighted by molar-refractivity contribution is 6.22. The summed E-state index contributed by atoms with van der Waals surface area (Å²) in [5.41, 5.74) is 10.7. The fraction of sp³-hybridized carbons (Fsp3) is 0. The van der Waals surface area contributed by atoms with Crippen LogP contribution in [0, 0.1) is 0 Å². The fourth-order valence-corrected chi connectivity index (χ4v) is 9.32.